The van der Waals surface area contributed by atoms with Crippen LogP contribution in [-0.4, -0.2) is 15.8 Å². The fraction of sp³-hybridized carbons (Fsp3) is 0. The van der Waals surface area contributed by atoms with E-state index in [9.17, 15) is 14.9 Å². The maximum Gasteiger partial charge on any atom is 0.433 e. The maximum absolute atomic E-state index is 12.0. The van der Waals surface area contributed by atoms with Crippen molar-refractivity contribution in [2.45, 2.75) is 0 Å². The average molecular weight is 340 g/mol. The lowest BCUT2D eigenvalue weighted by Crippen LogP contribution is -2.10. The van der Waals surface area contributed by atoms with Crippen molar-refractivity contribution in [2.75, 3.05) is 5.32 Å². The van der Waals surface area contributed by atoms with E-state index < -0.39 is 16.7 Å². The summed E-state index contributed by atoms with van der Waals surface area (Å²) in [6.07, 6.45) is 0. The van der Waals surface area contributed by atoms with Crippen LogP contribution in [0.5, 0.6) is 0 Å². The van der Waals surface area contributed by atoms with E-state index in [0.717, 1.165) is 11.6 Å². The van der Waals surface area contributed by atoms with Gasteiger partial charge in [0, 0.05) is 10.9 Å². The quantitative estimate of drug-likeness (QED) is 0.573. The first-order valence-corrected chi connectivity index (χ1v) is 7.46. The zero-order valence-corrected chi connectivity index (χ0v) is 12.7. The van der Waals surface area contributed by atoms with E-state index in [1.807, 2.05) is 6.07 Å². The molecule has 0 unspecified atom stereocenters. The minimum absolute atomic E-state index is 0.170. The van der Waals surface area contributed by atoms with Crippen molar-refractivity contribution in [2.24, 2.45) is 0 Å². The fourth-order valence-corrected chi connectivity index (χ4v) is 2.60. The summed E-state index contributed by atoms with van der Waals surface area (Å²) in [5, 5.41) is 23.9. The summed E-state index contributed by atoms with van der Waals surface area (Å²) >= 11 is 1.21. The number of carbonyl (C=O) groups excluding carboxylic acids is 1. The molecule has 0 aliphatic rings. The highest BCUT2D eigenvalue weighted by Crippen LogP contribution is 2.26. The van der Waals surface area contributed by atoms with Crippen LogP contribution in [0.2, 0.25) is 0 Å². The lowest BCUT2D eigenvalue weighted by molar-refractivity contribution is -0.402. The van der Waals surface area contributed by atoms with Crippen molar-refractivity contribution >= 4 is 28.3 Å². The molecule has 118 valence electrons. The molecule has 0 aliphatic carbocycles. The average Bonchev–Trinajstić information content (AvgIpc) is 3.24. The van der Waals surface area contributed by atoms with Gasteiger partial charge in [-0.15, -0.1) is 11.3 Å². The molecule has 0 saturated carbocycles. The Bertz CT molecular complexity index is 953. The van der Waals surface area contributed by atoms with Gasteiger partial charge in [0.25, 0.3) is 5.91 Å². The number of furan rings is 1. The lowest BCUT2D eigenvalue weighted by Gasteiger charge is -1.98. The smallest absolute Gasteiger partial charge is 0.395 e. The van der Waals surface area contributed by atoms with Gasteiger partial charge in [-0.1, -0.05) is 12.1 Å². The fourth-order valence-electron chi connectivity index (χ4n) is 1.89. The van der Waals surface area contributed by atoms with Crippen molar-refractivity contribution < 1.29 is 14.1 Å². The highest BCUT2D eigenvalue weighted by molar-refractivity contribution is 7.14. The topological polar surface area (TPSA) is 122 Å². The van der Waals surface area contributed by atoms with Crippen molar-refractivity contribution in [1.82, 2.24) is 4.98 Å². The van der Waals surface area contributed by atoms with Gasteiger partial charge in [-0.25, -0.2) is 4.98 Å². The second kappa shape index (κ2) is 6.31. The number of nitriles is 1. The highest BCUT2D eigenvalue weighted by atomic mass is 32.1. The third-order valence-electron chi connectivity index (χ3n) is 3.03. The molecule has 1 aromatic carbocycles. The summed E-state index contributed by atoms with van der Waals surface area (Å²) in [6, 6.07) is 11.2. The Morgan fingerprint density at radius 3 is 2.67 bits per heavy atom. The second-order valence-corrected chi connectivity index (χ2v) is 5.43. The van der Waals surface area contributed by atoms with Gasteiger partial charge in [0.2, 0.25) is 0 Å². The monoisotopic (exact) mass is 340 g/mol. The first kappa shape index (κ1) is 15.4. The minimum Gasteiger partial charge on any atom is -0.395 e. The van der Waals surface area contributed by atoms with Gasteiger partial charge in [0.15, 0.2) is 10.9 Å². The number of carbonyl (C=O) groups is 1. The lowest BCUT2D eigenvalue weighted by atomic mass is 10.1. The molecule has 3 rings (SSSR count). The molecule has 2 aromatic heterocycles. The molecule has 0 aliphatic heterocycles. The molecule has 0 radical (unpaired) electrons. The molecular weight excluding hydrogens is 332 g/mol. The zero-order chi connectivity index (χ0) is 17.1. The van der Waals surface area contributed by atoms with Crippen LogP contribution in [0.15, 0.2) is 46.2 Å². The van der Waals surface area contributed by atoms with E-state index in [1.165, 1.54) is 17.4 Å². The second-order valence-electron chi connectivity index (χ2n) is 4.58. The minimum atomic E-state index is -0.719. The number of benzene rings is 1. The van der Waals surface area contributed by atoms with Crippen LogP contribution < -0.4 is 5.32 Å². The van der Waals surface area contributed by atoms with E-state index in [4.69, 9.17) is 9.68 Å². The first-order chi connectivity index (χ1) is 11.6. The number of aromatic nitrogens is 1. The number of nitro groups is 1. The Hall–Kier alpha value is -3.51. The molecule has 2 heterocycles. The van der Waals surface area contributed by atoms with Crippen molar-refractivity contribution in [3.8, 4) is 17.3 Å². The number of rotatable bonds is 4. The van der Waals surface area contributed by atoms with Gasteiger partial charge in [-0.2, -0.15) is 5.26 Å². The van der Waals surface area contributed by atoms with Gasteiger partial charge < -0.3 is 4.42 Å². The van der Waals surface area contributed by atoms with Gasteiger partial charge >= 0.3 is 5.88 Å². The van der Waals surface area contributed by atoms with E-state index >= 15 is 0 Å². The Morgan fingerprint density at radius 1 is 1.29 bits per heavy atom. The van der Waals surface area contributed by atoms with E-state index in [-0.39, 0.29) is 5.76 Å². The molecule has 1 N–H and O–H groups in total. The molecule has 8 nitrogen and oxygen atoms in total. The number of anilines is 1. The largest absolute Gasteiger partial charge is 0.433 e. The molecule has 9 heteroatoms. The van der Waals surface area contributed by atoms with Crippen LogP contribution in [0, 0.1) is 21.4 Å². The van der Waals surface area contributed by atoms with Crippen LogP contribution in [-0.2, 0) is 0 Å². The molecule has 3 aromatic rings. The van der Waals surface area contributed by atoms with Gasteiger partial charge in [-0.3, -0.25) is 20.2 Å². The summed E-state index contributed by atoms with van der Waals surface area (Å²) in [7, 11) is 0. The van der Waals surface area contributed by atoms with Crippen molar-refractivity contribution in [1.29, 1.82) is 5.26 Å². The molecule has 0 saturated heterocycles. The van der Waals surface area contributed by atoms with E-state index in [0.29, 0.717) is 16.4 Å². The van der Waals surface area contributed by atoms with Crippen molar-refractivity contribution in [3.05, 3.63) is 63.2 Å². The molecule has 0 fully saturated rings. The number of amides is 1. The Kier molecular flexibility index (Phi) is 4.05. The number of thiazole rings is 1. The summed E-state index contributed by atoms with van der Waals surface area (Å²) < 4.78 is 4.83. The number of hydrogen-bond acceptors (Lipinski definition) is 7. The highest BCUT2D eigenvalue weighted by Gasteiger charge is 2.18. The molecular formula is C15H8N4O4S. The van der Waals surface area contributed by atoms with Crippen LogP contribution in [0.1, 0.15) is 16.1 Å². The van der Waals surface area contributed by atoms with Gasteiger partial charge in [0.05, 0.1) is 23.4 Å². The van der Waals surface area contributed by atoms with E-state index in [1.54, 1.807) is 29.6 Å². The maximum atomic E-state index is 12.0. The normalized spacial score (nSPS) is 10.1. The van der Waals surface area contributed by atoms with Gasteiger partial charge in [0.1, 0.15) is 4.92 Å². The summed E-state index contributed by atoms with van der Waals surface area (Å²) in [4.78, 5) is 26.1. The van der Waals surface area contributed by atoms with Gasteiger partial charge in [-0.05, 0) is 18.2 Å². The molecule has 0 spiro atoms. The summed E-state index contributed by atoms with van der Waals surface area (Å²) in [5.41, 5.74) is 1.99. The molecule has 24 heavy (non-hydrogen) atoms. The number of nitrogens with zero attached hydrogens (tertiary/aromatic N) is 3. The molecule has 0 bridgehead atoms. The molecule has 0 atom stereocenters. The van der Waals surface area contributed by atoms with Crippen LogP contribution in [0.3, 0.4) is 0 Å². The number of hydrogen-bond donors (Lipinski definition) is 1. The Balaban J connectivity index is 1.74. The van der Waals surface area contributed by atoms with E-state index in [2.05, 4.69) is 10.3 Å². The van der Waals surface area contributed by atoms with Crippen LogP contribution >= 0.6 is 11.3 Å². The molecule has 1 amide bonds. The predicted molar refractivity (Wildman–Crippen MR) is 85.6 cm³/mol. The summed E-state index contributed by atoms with van der Waals surface area (Å²) in [6.45, 7) is 0. The Morgan fingerprint density at radius 2 is 2.04 bits per heavy atom. The van der Waals surface area contributed by atoms with Crippen molar-refractivity contribution in [3.63, 3.8) is 0 Å². The SMILES string of the molecule is N#Cc1ccc(-c2csc(NC(=O)c3ccc([N+](=O)[O-])o3)n2)cc1. The van der Waals surface area contributed by atoms with Crippen LogP contribution in [0.4, 0.5) is 11.0 Å². The third-order valence-corrected chi connectivity index (χ3v) is 3.79. The Labute approximate surface area is 139 Å². The van der Waals surface area contributed by atoms with Crippen LogP contribution in [0.25, 0.3) is 11.3 Å². The predicted octanol–water partition coefficient (Wildman–Crippen LogP) is 3.44. The summed E-state index contributed by atoms with van der Waals surface area (Å²) in [5.74, 6) is -1.29. The standard InChI is InChI=1S/C15H8N4O4S/c16-7-9-1-3-10(4-2-9)11-8-24-15(17-11)18-14(20)12-5-6-13(23-12)19(21)22/h1-6,8H,(H,17,18,20). The number of nitrogens with one attached hydrogen (secondary N) is 1. The first-order valence-electron chi connectivity index (χ1n) is 6.58. The third kappa shape index (κ3) is 3.13. The zero-order valence-electron chi connectivity index (χ0n) is 11.9.